The summed E-state index contributed by atoms with van der Waals surface area (Å²) < 4.78 is 23.2. The van der Waals surface area contributed by atoms with Crippen molar-refractivity contribution in [3.05, 3.63) is 54.6 Å². The molecule has 1 aromatic heterocycles. The summed E-state index contributed by atoms with van der Waals surface area (Å²) >= 11 is 0. The number of nitrogens with zero attached hydrogens (tertiary/aromatic N) is 1. The van der Waals surface area contributed by atoms with Crippen LogP contribution in [0.25, 0.3) is 33.3 Å². The van der Waals surface area contributed by atoms with Crippen LogP contribution in [-0.4, -0.2) is 30.3 Å². The zero-order chi connectivity index (χ0) is 25.5. The minimum atomic E-state index is -0.122. The number of benzene rings is 3. The topological polar surface area (TPSA) is 70.8 Å². The van der Waals surface area contributed by atoms with Gasteiger partial charge in [0, 0.05) is 18.1 Å². The van der Waals surface area contributed by atoms with Crippen LogP contribution in [0.3, 0.4) is 0 Å². The number of rotatable bonds is 11. The molecule has 0 bridgehead atoms. The smallest absolute Gasteiger partial charge is 0.305 e. The number of aromatic nitrogens is 1. The number of esters is 1. The quantitative estimate of drug-likeness (QED) is 0.154. The largest absolute Gasteiger partial charge is 0.494 e. The number of ether oxygens (including phenoxy) is 3. The minimum Gasteiger partial charge on any atom is -0.494 e. The van der Waals surface area contributed by atoms with Crippen LogP contribution < -0.4 is 9.47 Å². The van der Waals surface area contributed by atoms with Crippen molar-refractivity contribution < 1.29 is 23.4 Å². The molecule has 6 heteroatoms. The van der Waals surface area contributed by atoms with E-state index in [1.54, 1.807) is 0 Å². The fourth-order valence-electron chi connectivity index (χ4n) is 4.90. The molecule has 0 amide bonds. The van der Waals surface area contributed by atoms with E-state index in [4.69, 9.17) is 23.6 Å². The lowest BCUT2D eigenvalue weighted by Gasteiger charge is -2.22. The first-order valence-corrected chi connectivity index (χ1v) is 13.6. The first kappa shape index (κ1) is 25.1. The predicted molar refractivity (Wildman–Crippen MR) is 145 cm³/mol. The predicted octanol–water partition coefficient (Wildman–Crippen LogP) is 7.86. The highest BCUT2D eigenvalue weighted by Crippen LogP contribution is 2.31. The van der Waals surface area contributed by atoms with Gasteiger partial charge in [-0.3, -0.25) is 4.79 Å². The molecule has 194 valence electrons. The summed E-state index contributed by atoms with van der Waals surface area (Å²) in [5, 5.41) is 2.20. The second-order valence-electron chi connectivity index (χ2n) is 9.71. The Morgan fingerprint density at radius 3 is 2.59 bits per heavy atom. The highest BCUT2D eigenvalue weighted by Gasteiger charge is 2.16. The van der Waals surface area contributed by atoms with Crippen molar-refractivity contribution in [3.8, 4) is 23.0 Å². The fourth-order valence-corrected chi connectivity index (χ4v) is 4.90. The molecule has 6 nitrogen and oxygen atoms in total. The summed E-state index contributed by atoms with van der Waals surface area (Å²) in [6.07, 6.45) is 9.50. The first-order chi connectivity index (χ1) is 18.2. The van der Waals surface area contributed by atoms with Crippen LogP contribution in [0.15, 0.2) is 59.0 Å². The van der Waals surface area contributed by atoms with Crippen LogP contribution in [-0.2, 0) is 9.53 Å². The van der Waals surface area contributed by atoms with Crippen molar-refractivity contribution in [2.24, 2.45) is 0 Å². The summed E-state index contributed by atoms with van der Waals surface area (Å²) in [4.78, 5) is 16.1. The van der Waals surface area contributed by atoms with E-state index in [-0.39, 0.29) is 5.97 Å². The fraction of sp³-hybridized carbons (Fsp3) is 0.419. The van der Waals surface area contributed by atoms with Crippen LogP contribution in [0.4, 0.5) is 0 Å². The number of unbranched alkanes of at least 4 members (excludes halogenated alkanes) is 2. The van der Waals surface area contributed by atoms with Gasteiger partial charge in [0.25, 0.3) is 0 Å². The van der Waals surface area contributed by atoms with Crippen molar-refractivity contribution >= 4 is 27.8 Å². The van der Waals surface area contributed by atoms with Crippen LogP contribution in [0.2, 0.25) is 0 Å². The van der Waals surface area contributed by atoms with Crippen LogP contribution in [0.5, 0.6) is 11.5 Å². The van der Waals surface area contributed by atoms with E-state index in [1.807, 2.05) is 37.3 Å². The number of oxazole rings is 1. The van der Waals surface area contributed by atoms with Gasteiger partial charge in [0.1, 0.15) is 17.0 Å². The average molecular weight is 502 g/mol. The summed E-state index contributed by atoms with van der Waals surface area (Å²) in [5.74, 6) is 2.18. The Morgan fingerprint density at radius 2 is 1.73 bits per heavy atom. The molecule has 0 spiro atoms. The second kappa shape index (κ2) is 12.1. The molecule has 37 heavy (non-hydrogen) atoms. The Bertz CT molecular complexity index is 1340. The maximum absolute atomic E-state index is 11.4. The van der Waals surface area contributed by atoms with Gasteiger partial charge >= 0.3 is 5.97 Å². The molecule has 4 aromatic rings. The highest BCUT2D eigenvalue weighted by atomic mass is 16.5. The van der Waals surface area contributed by atoms with Gasteiger partial charge in [-0.2, -0.15) is 0 Å². The Kier molecular flexibility index (Phi) is 8.24. The van der Waals surface area contributed by atoms with Crippen molar-refractivity contribution in [1.82, 2.24) is 4.98 Å². The van der Waals surface area contributed by atoms with Crippen molar-refractivity contribution in [2.75, 3.05) is 13.2 Å². The van der Waals surface area contributed by atoms with E-state index in [2.05, 4.69) is 24.3 Å². The maximum atomic E-state index is 11.4. The molecule has 0 atom stereocenters. The molecule has 0 saturated heterocycles. The van der Waals surface area contributed by atoms with E-state index >= 15 is 0 Å². The number of carbonyl (C=O) groups excluding carboxylic acids is 1. The SMILES string of the molecule is CCOC(=O)CCCCCOc1ccc2cc(-c3nc4ccc(OC5CCCCC5)cc4o3)ccc2c1. The zero-order valence-electron chi connectivity index (χ0n) is 21.5. The van der Waals surface area contributed by atoms with E-state index in [0.717, 1.165) is 71.0 Å². The molecule has 0 aliphatic heterocycles. The van der Waals surface area contributed by atoms with Gasteiger partial charge in [-0.05, 0) is 99.0 Å². The molecule has 1 aliphatic rings. The van der Waals surface area contributed by atoms with E-state index in [0.29, 0.717) is 31.6 Å². The second-order valence-corrected chi connectivity index (χ2v) is 9.71. The Morgan fingerprint density at radius 1 is 0.919 bits per heavy atom. The standard InChI is InChI=1S/C31H35NO5/c1-2-34-30(33)11-7-4-8-18-35-26-15-14-22-19-24(13-12-23(22)20-26)31-32-28-17-16-27(21-29(28)37-31)36-25-9-5-3-6-10-25/h12-17,19-21,25H,2-11,18H2,1H3. The van der Waals surface area contributed by atoms with E-state index < -0.39 is 0 Å². The number of hydrogen-bond acceptors (Lipinski definition) is 6. The summed E-state index contributed by atoms with van der Waals surface area (Å²) in [5.41, 5.74) is 2.51. The number of carbonyl (C=O) groups is 1. The number of fused-ring (bicyclic) bond motifs is 2. The molecule has 0 radical (unpaired) electrons. The van der Waals surface area contributed by atoms with Crippen LogP contribution in [0.1, 0.15) is 64.7 Å². The van der Waals surface area contributed by atoms with Gasteiger partial charge in [0.2, 0.25) is 5.89 Å². The third kappa shape index (κ3) is 6.62. The lowest BCUT2D eigenvalue weighted by molar-refractivity contribution is -0.143. The van der Waals surface area contributed by atoms with Crippen LogP contribution in [0, 0.1) is 0 Å². The van der Waals surface area contributed by atoms with Crippen molar-refractivity contribution in [2.45, 2.75) is 70.8 Å². The van der Waals surface area contributed by atoms with Gasteiger partial charge in [-0.15, -0.1) is 0 Å². The van der Waals surface area contributed by atoms with Gasteiger partial charge in [-0.25, -0.2) is 4.98 Å². The zero-order valence-corrected chi connectivity index (χ0v) is 21.5. The molecular weight excluding hydrogens is 466 g/mol. The van der Waals surface area contributed by atoms with Crippen molar-refractivity contribution in [1.29, 1.82) is 0 Å². The monoisotopic (exact) mass is 501 g/mol. The molecule has 5 rings (SSSR count). The van der Waals surface area contributed by atoms with Gasteiger partial charge in [0.15, 0.2) is 5.58 Å². The Balaban J connectivity index is 1.19. The Hall–Kier alpha value is -3.54. The van der Waals surface area contributed by atoms with Gasteiger partial charge < -0.3 is 18.6 Å². The molecule has 1 aliphatic carbocycles. The molecule has 0 N–H and O–H groups in total. The first-order valence-electron chi connectivity index (χ1n) is 13.6. The molecule has 0 unspecified atom stereocenters. The van der Waals surface area contributed by atoms with Crippen molar-refractivity contribution in [3.63, 3.8) is 0 Å². The van der Waals surface area contributed by atoms with Gasteiger partial charge in [-0.1, -0.05) is 18.6 Å². The lowest BCUT2D eigenvalue weighted by Crippen LogP contribution is -2.19. The summed E-state index contributed by atoms with van der Waals surface area (Å²) in [6, 6.07) is 18.2. The van der Waals surface area contributed by atoms with Crippen LogP contribution >= 0.6 is 0 Å². The normalized spacial score (nSPS) is 14.2. The highest BCUT2D eigenvalue weighted by molar-refractivity contribution is 5.88. The third-order valence-corrected chi connectivity index (χ3v) is 6.87. The Labute approximate surface area is 217 Å². The van der Waals surface area contributed by atoms with E-state index in [1.165, 1.54) is 19.3 Å². The van der Waals surface area contributed by atoms with E-state index in [9.17, 15) is 4.79 Å². The molecule has 1 saturated carbocycles. The molecule has 3 aromatic carbocycles. The average Bonchev–Trinajstić information content (AvgIpc) is 3.34. The number of hydrogen-bond donors (Lipinski definition) is 0. The summed E-state index contributed by atoms with van der Waals surface area (Å²) in [7, 11) is 0. The molecular formula is C31H35NO5. The maximum Gasteiger partial charge on any atom is 0.305 e. The molecule has 1 fully saturated rings. The lowest BCUT2D eigenvalue weighted by atomic mass is 9.98. The van der Waals surface area contributed by atoms with Gasteiger partial charge in [0.05, 0.1) is 19.3 Å². The minimum absolute atomic E-state index is 0.122. The summed E-state index contributed by atoms with van der Waals surface area (Å²) in [6.45, 7) is 2.90. The third-order valence-electron chi connectivity index (χ3n) is 6.87. The molecule has 1 heterocycles.